The molecule has 0 unspecified atom stereocenters. The molecule has 0 aliphatic heterocycles. The molecule has 110 valence electrons. The minimum atomic E-state index is -0.472. The lowest BCUT2D eigenvalue weighted by atomic mass is 10.3. The fourth-order valence-corrected chi connectivity index (χ4v) is 1.57. The molecule has 6 heteroatoms. The highest BCUT2D eigenvalue weighted by Crippen LogP contribution is 2.12. The molecule has 0 fully saturated rings. The van der Waals surface area contributed by atoms with Gasteiger partial charge in [-0.1, -0.05) is 12.1 Å². The maximum absolute atomic E-state index is 13.3. The van der Waals surface area contributed by atoms with Crippen molar-refractivity contribution in [1.29, 1.82) is 0 Å². The van der Waals surface area contributed by atoms with E-state index in [0.29, 0.717) is 13.2 Å². The topological polar surface area (TPSA) is 58.6 Å². The van der Waals surface area contributed by atoms with Crippen LogP contribution < -0.4 is 5.32 Å². The van der Waals surface area contributed by atoms with E-state index in [1.165, 1.54) is 12.1 Å². The van der Waals surface area contributed by atoms with Gasteiger partial charge in [-0.25, -0.2) is 4.39 Å². The number of carbonyl (C=O) groups is 2. The zero-order chi connectivity index (χ0) is 15.0. The first-order valence-corrected chi connectivity index (χ1v) is 6.41. The molecule has 0 aromatic heterocycles. The van der Waals surface area contributed by atoms with E-state index in [0.717, 1.165) is 0 Å². The largest absolute Gasteiger partial charge is 0.465 e. The van der Waals surface area contributed by atoms with Crippen LogP contribution in [-0.4, -0.2) is 43.5 Å². The molecular weight excluding hydrogens is 263 g/mol. The average molecular weight is 282 g/mol. The number of para-hydroxylation sites is 1. The van der Waals surface area contributed by atoms with Gasteiger partial charge in [0.15, 0.2) is 0 Å². The normalized spacial score (nSPS) is 10.4. The quantitative estimate of drug-likeness (QED) is 0.773. The van der Waals surface area contributed by atoms with Gasteiger partial charge in [-0.2, -0.15) is 0 Å². The zero-order valence-corrected chi connectivity index (χ0v) is 11.7. The second-order valence-electron chi connectivity index (χ2n) is 4.32. The molecule has 5 nitrogen and oxygen atoms in total. The van der Waals surface area contributed by atoms with Crippen LogP contribution in [0.3, 0.4) is 0 Å². The summed E-state index contributed by atoms with van der Waals surface area (Å²) in [5.41, 5.74) is 0.158. The number of anilines is 1. The fourth-order valence-electron chi connectivity index (χ4n) is 1.57. The van der Waals surface area contributed by atoms with E-state index >= 15 is 0 Å². The number of amides is 1. The Labute approximate surface area is 117 Å². The van der Waals surface area contributed by atoms with Crippen LogP contribution >= 0.6 is 0 Å². The third-order valence-corrected chi connectivity index (χ3v) is 2.57. The minimum Gasteiger partial charge on any atom is -0.465 e. The van der Waals surface area contributed by atoms with Gasteiger partial charge in [0.05, 0.1) is 18.8 Å². The summed E-state index contributed by atoms with van der Waals surface area (Å²) in [4.78, 5) is 24.6. The van der Waals surface area contributed by atoms with Crippen molar-refractivity contribution in [1.82, 2.24) is 4.90 Å². The van der Waals surface area contributed by atoms with Gasteiger partial charge in [-0.3, -0.25) is 14.5 Å². The number of halogens is 1. The number of benzene rings is 1. The Bertz CT molecular complexity index is 465. The number of ether oxygens (including phenoxy) is 1. The molecule has 0 atom stereocenters. The Kier molecular flexibility index (Phi) is 6.66. The highest BCUT2D eigenvalue weighted by molar-refractivity contribution is 5.90. The summed E-state index contributed by atoms with van der Waals surface area (Å²) in [6, 6.07) is 5.97. The second kappa shape index (κ2) is 8.27. The van der Waals surface area contributed by atoms with Gasteiger partial charge >= 0.3 is 5.97 Å². The lowest BCUT2D eigenvalue weighted by Crippen LogP contribution is -2.30. The smallest absolute Gasteiger partial charge is 0.320 e. The third kappa shape index (κ3) is 5.79. The van der Waals surface area contributed by atoms with Crippen LogP contribution in [0.15, 0.2) is 24.3 Å². The van der Waals surface area contributed by atoms with E-state index in [-0.39, 0.29) is 30.5 Å². The summed E-state index contributed by atoms with van der Waals surface area (Å²) in [6.07, 6.45) is 0.171. The number of hydrogen-bond acceptors (Lipinski definition) is 4. The summed E-state index contributed by atoms with van der Waals surface area (Å²) >= 11 is 0. The summed E-state index contributed by atoms with van der Waals surface area (Å²) in [6.45, 7) is 2.58. The lowest BCUT2D eigenvalue weighted by Gasteiger charge is -2.15. The summed E-state index contributed by atoms with van der Waals surface area (Å²) in [5.74, 6) is -1.10. The molecule has 20 heavy (non-hydrogen) atoms. The fraction of sp³-hybridized carbons (Fsp3) is 0.429. The third-order valence-electron chi connectivity index (χ3n) is 2.57. The minimum absolute atomic E-state index is 0.126. The molecule has 0 aliphatic rings. The van der Waals surface area contributed by atoms with Crippen molar-refractivity contribution in [2.24, 2.45) is 0 Å². The Morgan fingerprint density at radius 3 is 2.70 bits per heavy atom. The second-order valence-corrected chi connectivity index (χ2v) is 4.32. The molecule has 0 aliphatic carbocycles. The molecule has 1 aromatic carbocycles. The Morgan fingerprint density at radius 1 is 1.35 bits per heavy atom. The van der Waals surface area contributed by atoms with Gasteiger partial charge in [0.2, 0.25) is 5.91 Å². The molecule has 0 saturated carbocycles. The van der Waals surface area contributed by atoms with Crippen molar-refractivity contribution < 1.29 is 18.7 Å². The van der Waals surface area contributed by atoms with Gasteiger partial charge in [0.1, 0.15) is 5.82 Å². The number of nitrogens with one attached hydrogen (secondary N) is 1. The van der Waals surface area contributed by atoms with Crippen molar-refractivity contribution in [3.05, 3.63) is 30.1 Å². The van der Waals surface area contributed by atoms with Crippen LogP contribution in [-0.2, 0) is 14.3 Å². The lowest BCUT2D eigenvalue weighted by molar-refractivity contribution is -0.144. The molecule has 0 heterocycles. The van der Waals surface area contributed by atoms with Crippen molar-refractivity contribution in [2.75, 3.05) is 32.1 Å². The molecule has 1 aromatic rings. The number of nitrogens with zero attached hydrogens (tertiary/aromatic N) is 1. The van der Waals surface area contributed by atoms with Gasteiger partial charge in [0.25, 0.3) is 0 Å². The van der Waals surface area contributed by atoms with Crippen LogP contribution in [0.5, 0.6) is 0 Å². The number of likely N-dealkylation sites (N-methyl/N-ethyl adjacent to an activating group) is 1. The molecule has 0 saturated heterocycles. The Morgan fingerprint density at radius 2 is 2.05 bits per heavy atom. The maximum atomic E-state index is 13.3. The van der Waals surface area contributed by atoms with Crippen molar-refractivity contribution in [2.45, 2.75) is 13.3 Å². The standard InChI is InChI=1S/C14H19FN2O3/c1-3-20-14(19)10-17(2)9-8-13(18)16-12-7-5-4-6-11(12)15/h4-7H,3,8-10H2,1-2H3,(H,16,18). The number of esters is 1. The van der Waals surface area contributed by atoms with E-state index in [9.17, 15) is 14.0 Å². The van der Waals surface area contributed by atoms with Gasteiger partial charge < -0.3 is 10.1 Å². The molecule has 1 amide bonds. The highest BCUT2D eigenvalue weighted by Gasteiger charge is 2.10. The predicted octanol–water partition coefficient (Wildman–Crippen LogP) is 1.65. The van der Waals surface area contributed by atoms with Crippen molar-refractivity contribution >= 4 is 17.6 Å². The predicted molar refractivity (Wildman–Crippen MR) is 73.8 cm³/mol. The van der Waals surface area contributed by atoms with Crippen LogP contribution in [0.2, 0.25) is 0 Å². The molecule has 0 bridgehead atoms. The average Bonchev–Trinajstić information content (AvgIpc) is 2.39. The highest BCUT2D eigenvalue weighted by atomic mass is 19.1. The molecule has 1 N–H and O–H groups in total. The first kappa shape index (κ1) is 16.1. The van der Waals surface area contributed by atoms with E-state index in [1.807, 2.05) is 0 Å². The van der Waals surface area contributed by atoms with Crippen molar-refractivity contribution in [3.63, 3.8) is 0 Å². The SMILES string of the molecule is CCOC(=O)CN(C)CCC(=O)Nc1ccccc1F. The molecular formula is C14H19FN2O3. The summed E-state index contributed by atoms with van der Waals surface area (Å²) < 4.78 is 18.1. The molecule has 0 spiro atoms. The number of carbonyl (C=O) groups excluding carboxylic acids is 2. The van der Waals surface area contributed by atoms with E-state index in [4.69, 9.17) is 4.74 Å². The summed E-state index contributed by atoms with van der Waals surface area (Å²) in [5, 5.41) is 2.49. The first-order chi connectivity index (χ1) is 9.52. The van der Waals surface area contributed by atoms with Crippen LogP contribution in [0.25, 0.3) is 0 Å². The number of hydrogen-bond donors (Lipinski definition) is 1. The maximum Gasteiger partial charge on any atom is 0.320 e. The molecule has 1 rings (SSSR count). The first-order valence-electron chi connectivity index (χ1n) is 6.41. The number of rotatable bonds is 7. The van der Waals surface area contributed by atoms with Gasteiger partial charge in [0, 0.05) is 13.0 Å². The Hall–Kier alpha value is -1.95. The monoisotopic (exact) mass is 282 g/mol. The van der Waals surface area contributed by atoms with E-state index in [1.54, 1.807) is 31.0 Å². The Balaban J connectivity index is 2.33. The zero-order valence-electron chi connectivity index (χ0n) is 11.7. The van der Waals surface area contributed by atoms with Crippen LogP contribution in [0, 0.1) is 5.82 Å². The molecule has 0 radical (unpaired) electrons. The van der Waals surface area contributed by atoms with Gasteiger partial charge in [-0.15, -0.1) is 0 Å². The summed E-state index contributed by atoms with van der Waals surface area (Å²) in [7, 11) is 1.72. The van der Waals surface area contributed by atoms with Gasteiger partial charge in [-0.05, 0) is 26.1 Å². The van der Waals surface area contributed by atoms with Crippen molar-refractivity contribution in [3.8, 4) is 0 Å². The van der Waals surface area contributed by atoms with Crippen LogP contribution in [0.1, 0.15) is 13.3 Å². The van der Waals surface area contributed by atoms with E-state index in [2.05, 4.69) is 5.32 Å². The van der Waals surface area contributed by atoms with Crippen LogP contribution in [0.4, 0.5) is 10.1 Å². The van der Waals surface area contributed by atoms with E-state index < -0.39 is 5.82 Å².